The van der Waals surface area contributed by atoms with Crippen molar-refractivity contribution in [2.75, 3.05) is 45.1 Å². The summed E-state index contributed by atoms with van der Waals surface area (Å²) in [5.74, 6) is 1.28. The van der Waals surface area contributed by atoms with Crippen molar-refractivity contribution in [3.05, 3.63) is 0 Å². The van der Waals surface area contributed by atoms with Gasteiger partial charge in [-0.3, -0.25) is 4.90 Å². The monoisotopic (exact) mass is 286 g/mol. The van der Waals surface area contributed by atoms with Crippen LogP contribution in [0.4, 0.5) is 0 Å². The molecule has 3 atom stereocenters. The Balaban J connectivity index is 1.98. The first kappa shape index (κ1) is 15.6. The highest BCUT2D eigenvalue weighted by atomic mass is 32.2. The van der Waals surface area contributed by atoms with Gasteiger partial charge in [-0.15, -0.1) is 0 Å². The molecule has 0 aromatic carbocycles. The molecule has 1 N–H and O–H groups in total. The molecule has 112 valence electrons. The van der Waals surface area contributed by atoms with Gasteiger partial charge in [0, 0.05) is 48.7 Å². The van der Waals surface area contributed by atoms with Crippen LogP contribution in [0.1, 0.15) is 33.6 Å². The lowest BCUT2D eigenvalue weighted by Gasteiger charge is -2.45. The van der Waals surface area contributed by atoms with Crippen molar-refractivity contribution >= 4 is 11.8 Å². The standard InChI is InChI=1S/C15H30N2OS/c1-4-16-10-15(6-5-8-18-12-15)11-17-7-9-19-14(3)13(17)2/h13-14,16H,4-12H2,1-3H3. The predicted molar refractivity (Wildman–Crippen MR) is 84.0 cm³/mol. The topological polar surface area (TPSA) is 24.5 Å². The van der Waals surface area contributed by atoms with E-state index in [0.29, 0.717) is 11.5 Å². The van der Waals surface area contributed by atoms with Crippen molar-refractivity contribution in [3.8, 4) is 0 Å². The number of nitrogens with one attached hydrogen (secondary N) is 1. The van der Waals surface area contributed by atoms with Crippen molar-refractivity contribution in [3.63, 3.8) is 0 Å². The van der Waals surface area contributed by atoms with Crippen LogP contribution in [-0.2, 0) is 4.74 Å². The largest absolute Gasteiger partial charge is 0.381 e. The molecule has 3 unspecified atom stereocenters. The van der Waals surface area contributed by atoms with Crippen molar-refractivity contribution in [2.45, 2.75) is 44.9 Å². The first-order valence-electron chi connectivity index (χ1n) is 7.81. The molecule has 2 fully saturated rings. The molecule has 4 heteroatoms. The second kappa shape index (κ2) is 7.30. The molecule has 2 aliphatic heterocycles. The van der Waals surface area contributed by atoms with Gasteiger partial charge in [0.25, 0.3) is 0 Å². The van der Waals surface area contributed by atoms with Crippen molar-refractivity contribution in [2.24, 2.45) is 5.41 Å². The minimum Gasteiger partial charge on any atom is -0.381 e. The fourth-order valence-electron chi connectivity index (χ4n) is 3.27. The lowest BCUT2D eigenvalue weighted by molar-refractivity contribution is -0.0311. The van der Waals surface area contributed by atoms with Gasteiger partial charge in [-0.2, -0.15) is 11.8 Å². The number of thioether (sulfide) groups is 1. The van der Waals surface area contributed by atoms with Crippen LogP contribution in [0.25, 0.3) is 0 Å². The average molecular weight is 286 g/mol. The summed E-state index contributed by atoms with van der Waals surface area (Å²) < 4.78 is 5.81. The van der Waals surface area contributed by atoms with E-state index in [1.165, 1.54) is 31.7 Å². The second-order valence-corrected chi connectivity index (χ2v) is 7.71. The Morgan fingerprint density at radius 3 is 2.95 bits per heavy atom. The van der Waals surface area contributed by atoms with Crippen molar-refractivity contribution in [1.29, 1.82) is 0 Å². The maximum absolute atomic E-state index is 5.81. The summed E-state index contributed by atoms with van der Waals surface area (Å²) >= 11 is 2.12. The van der Waals surface area contributed by atoms with E-state index in [4.69, 9.17) is 4.74 Å². The summed E-state index contributed by atoms with van der Waals surface area (Å²) in [6, 6.07) is 0.694. The first-order chi connectivity index (χ1) is 9.17. The predicted octanol–water partition coefficient (Wildman–Crippen LogP) is 2.22. The Morgan fingerprint density at radius 1 is 1.42 bits per heavy atom. The molecule has 2 heterocycles. The third-order valence-corrected chi connectivity index (χ3v) is 6.05. The summed E-state index contributed by atoms with van der Waals surface area (Å²) in [5, 5.41) is 4.32. The molecule has 3 nitrogen and oxygen atoms in total. The van der Waals surface area contributed by atoms with E-state index in [0.717, 1.165) is 31.6 Å². The molecule has 19 heavy (non-hydrogen) atoms. The fraction of sp³-hybridized carbons (Fsp3) is 1.00. The van der Waals surface area contributed by atoms with E-state index >= 15 is 0 Å². The molecule has 2 rings (SSSR count). The van der Waals surface area contributed by atoms with Crippen molar-refractivity contribution in [1.82, 2.24) is 10.2 Å². The molecule has 2 saturated heterocycles. The highest BCUT2D eigenvalue weighted by Gasteiger charge is 2.37. The number of rotatable bonds is 5. The van der Waals surface area contributed by atoms with Crippen LogP contribution in [0, 0.1) is 5.41 Å². The molecular formula is C15H30N2OS. The zero-order chi connectivity index (χ0) is 13.7. The summed E-state index contributed by atoms with van der Waals surface area (Å²) in [5.41, 5.74) is 0.338. The Hall–Kier alpha value is 0.230. The number of hydrogen-bond donors (Lipinski definition) is 1. The highest BCUT2D eigenvalue weighted by molar-refractivity contribution is 8.00. The van der Waals surface area contributed by atoms with Crippen LogP contribution in [0.5, 0.6) is 0 Å². The second-order valence-electron chi connectivity index (χ2n) is 6.22. The normalized spacial score (nSPS) is 37.4. The Morgan fingerprint density at radius 2 is 2.26 bits per heavy atom. The molecule has 0 amide bonds. The maximum atomic E-state index is 5.81. The van der Waals surface area contributed by atoms with Crippen LogP contribution in [0.15, 0.2) is 0 Å². The minimum atomic E-state index is 0.338. The molecule has 2 aliphatic rings. The van der Waals surface area contributed by atoms with E-state index in [1.807, 2.05) is 0 Å². The minimum absolute atomic E-state index is 0.338. The zero-order valence-corrected chi connectivity index (χ0v) is 13.6. The summed E-state index contributed by atoms with van der Waals surface area (Å²) in [6.07, 6.45) is 2.53. The van der Waals surface area contributed by atoms with Gasteiger partial charge in [0.2, 0.25) is 0 Å². The smallest absolute Gasteiger partial charge is 0.0546 e. The van der Waals surface area contributed by atoms with Gasteiger partial charge >= 0.3 is 0 Å². The quantitative estimate of drug-likeness (QED) is 0.837. The summed E-state index contributed by atoms with van der Waals surface area (Å²) in [6.45, 7) is 13.4. The van der Waals surface area contributed by atoms with Crippen LogP contribution in [0.2, 0.25) is 0 Å². The van der Waals surface area contributed by atoms with Gasteiger partial charge in [-0.05, 0) is 26.3 Å². The number of nitrogens with zero attached hydrogens (tertiary/aromatic N) is 1. The van der Waals surface area contributed by atoms with Gasteiger partial charge in [0.1, 0.15) is 0 Å². The van der Waals surface area contributed by atoms with Crippen molar-refractivity contribution < 1.29 is 4.74 Å². The molecule has 0 radical (unpaired) electrons. The maximum Gasteiger partial charge on any atom is 0.0546 e. The van der Waals surface area contributed by atoms with Gasteiger partial charge in [-0.1, -0.05) is 13.8 Å². The summed E-state index contributed by atoms with van der Waals surface area (Å²) in [4.78, 5) is 2.70. The van der Waals surface area contributed by atoms with Gasteiger partial charge < -0.3 is 10.1 Å². The van der Waals surface area contributed by atoms with E-state index in [2.05, 4.69) is 42.7 Å². The Labute approximate surface area is 122 Å². The molecule has 0 saturated carbocycles. The van der Waals surface area contributed by atoms with E-state index < -0.39 is 0 Å². The van der Waals surface area contributed by atoms with Gasteiger partial charge in [-0.25, -0.2) is 0 Å². The zero-order valence-electron chi connectivity index (χ0n) is 12.8. The fourth-order valence-corrected chi connectivity index (χ4v) is 4.43. The van der Waals surface area contributed by atoms with Crippen LogP contribution >= 0.6 is 11.8 Å². The van der Waals surface area contributed by atoms with Gasteiger partial charge in [0.15, 0.2) is 0 Å². The molecule has 0 aliphatic carbocycles. The molecular weight excluding hydrogens is 256 g/mol. The molecule has 0 aromatic rings. The number of ether oxygens (including phenoxy) is 1. The van der Waals surface area contributed by atoms with Crippen LogP contribution in [0.3, 0.4) is 0 Å². The van der Waals surface area contributed by atoms with Crippen LogP contribution in [-0.4, -0.2) is 61.3 Å². The Kier molecular flexibility index (Phi) is 6.00. The first-order valence-corrected chi connectivity index (χ1v) is 8.86. The molecule has 0 aromatic heterocycles. The number of hydrogen-bond acceptors (Lipinski definition) is 4. The SMILES string of the molecule is CCNCC1(CN2CCSC(C)C2C)CCCOC1. The van der Waals surface area contributed by atoms with E-state index in [1.54, 1.807) is 0 Å². The molecule has 0 bridgehead atoms. The van der Waals surface area contributed by atoms with Crippen LogP contribution < -0.4 is 5.32 Å². The lowest BCUT2D eigenvalue weighted by atomic mass is 9.81. The summed E-state index contributed by atoms with van der Waals surface area (Å²) in [7, 11) is 0. The Bertz CT molecular complexity index is 269. The van der Waals surface area contributed by atoms with E-state index in [-0.39, 0.29) is 0 Å². The highest BCUT2D eigenvalue weighted by Crippen LogP contribution is 2.33. The third-order valence-electron chi connectivity index (χ3n) is 4.71. The molecule has 0 spiro atoms. The van der Waals surface area contributed by atoms with Gasteiger partial charge in [0.05, 0.1) is 6.61 Å². The lowest BCUT2D eigenvalue weighted by Crippen LogP contribution is -2.54. The van der Waals surface area contributed by atoms with E-state index in [9.17, 15) is 0 Å². The third kappa shape index (κ3) is 4.10. The average Bonchev–Trinajstić information content (AvgIpc) is 2.43.